The number of nitrogens with zero attached hydrogens (tertiary/aromatic N) is 2. The van der Waals surface area contributed by atoms with Crippen LogP contribution in [0.4, 0.5) is 17.3 Å². The lowest BCUT2D eigenvalue weighted by Crippen LogP contribution is -2.14. The van der Waals surface area contributed by atoms with Gasteiger partial charge in [0.05, 0.1) is 30.5 Å². The predicted molar refractivity (Wildman–Crippen MR) is 142 cm³/mol. The van der Waals surface area contributed by atoms with Crippen LogP contribution in [-0.2, 0) is 20.7 Å². The van der Waals surface area contributed by atoms with E-state index in [4.69, 9.17) is 9.72 Å². The largest absolute Gasteiger partial charge is 0.466 e. The second-order valence-electron chi connectivity index (χ2n) is 9.37. The van der Waals surface area contributed by atoms with Crippen LogP contribution < -0.4 is 10.2 Å². The highest BCUT2D eigenvalue weighted by Crippen LogP contribution is 2.29. The van der Waals surface area contributed by atoms with E-state index in [1.165, 1.54) is 5.56 Å². The number of imidazole rings is 1. The first-order chi connectivity index (χ1) is 17.5. The average Bonchev–Trinajstić information content (AvgIpc) is 3.17. The molecule has 0 spiro atoms. The molecule has 0 bridgehead atoms. The van der Waals surface area contributed by atoms with Crippen molar-refractivity contribution in [1.82, 2.24) is 9.97 Å². The molecule has 1 aromatic heterocycles. The van der Waals surface area contributed by atoms with E-state index in [1.807, 2.05) is 66.5 Å². The first kappa shape index (κ1) is 23.6. The number of ether oxygens (including phenoxy) is 1. The van der Waals surface area contributed by atoms with Crippen molar-refractivity contribution in [3.63, 3.8) is 0 Å². The van der Waals surface area contributed by atoms with Crippen LogP contribution in [0.1, 0.15) is 41.9 Å². The molecule has 184 valence electrons. The van der Waals surface area contributed by atoms with Crippen molar-refractivity contribution in [2.75, 3.05) is 23.9 Å². The van der Waals surface area contributed by atoms with Crippen LogP contribution in [0.5, 0.6) is 0 Å². The van der Waals surface area contributed by atoms with Gasteiger partial charge in [-0.25, -0.2) is 4.98 Å². The number of nitrogens with one attached hydrogen (secondary N) is 2. The van der Waals surface area contributed by atoms with Crippen LogP contribution in [0.25, 0.3) is 11.0 Å². The number of fused-ring (bicyclic) bond motifs is 1. The number of benzene rings is 3. The number of aryl methyl sites for hydroxylation is 1. The van der Waals surface area contributed by atoms with Crippen molar-refractivity contribution in [1.29, 1.82) is 0 Å². The molecule has 1 saturated heterocycles. The molecule has 7 nitrogen and oxygen atoms in total. The topological polar surface area (TPSA) is 87.3 Å². The fraction of sp³-hybridized carbons (Fsp3) is 0.276. The monoisotopic (exact) mass is 482 g/mol. The summed E-state index contributed by atoms with van der Waals surface area (Å²) >= 11 is 0. The van der Waals surface area contributed by atoms with Crippen LogP contribution in [0.2, 0.25) is 0 Å². The predicted octanol–water partition coefficient (Wildman–Crippen LogP) is 5.63. The van der Waals surface area contributed by atoms with E-state index < -0.39 is 0 Å². The molecule has 0 aliphatic carbocycles. The Morgan fingerprint density at radius 1 is 1.14 bits per heavy atom. The third-order valence-corrected chi connectivity index (χ3v) is 6.73. The Kier molecular flexibility index (Phi) is 6.71. The standard InChI is InChI=1S/C29H30N4O3/c1-19-6-3-4-8-26(19)33(2)29-31-24-14-9-20(16-25(24)32-29)17-27(34)30-23-12-10-21(11-13-23)22-7-5-15-36-28(35)18-22/h3-4,6,8-14,16,22H,5,7,15,17-18H2,1-2H3,(H,30,34)(H,31,32). The second kappa shape index (κ2) is 10.2. The molecule has 1 aliphatic heterocycles. The van der Waals surface area contributed by atoms with Crippen LogP contribution >= 0.6 is 0 Å². The lowest BCUT2D eigenvalue weighted by Gasteiger charge is -2.18. The van der Waals surface area contributed by atoms with Gasteiger partial charge in [-0.1, -0.05) is 36.4 Å². The molecule has 7 heteroatoms. The van der Waals surface area contributed by atoms with Crippen molar-refractivity contribution in [3.8, 4) is 0 Å². The summed E-state index contributed by atoms with van der Waals surface area (Å²) < 4.78 is 5.15. The molecule has 36 heavy (non-hydrogen) atoms. The van der Waals surface area contributed by atoms with Gasteiger partial charge in [-0.3, -0.25) is 9.59 Å². The summed E-state index contributed by atoms with van der Waals surface area (Å²) in [6, 6.07) is 21.8. The lowest BCUT2D eigenvalue weighted by atomic mass is 9.92. The zero-order valence-corrected chi connectivity index (χ0v) is 20.6. The zero-order valence-electron chi connectivity index (χ0n) is 20.6. The van der Waals surface area contributed by atoms with Gasteiger partial charge in [-0.15, -0.1) is 0 Å². The number of para-hydroxylation sites is 1. The van der Waals surface area contributed by atoms with Crippen LogP contribution in [0.15, 0.2) is 66.7 Å². The van der Waals surface area contributed by atoms with E-state index in [2.05, 4.69) is 29.4 Å². The van der Waals surface area contributed by atoms with Gasteiger partial charge < -0.3 is 19.9 Å². The fourth-order valence-electron chi connectivity index (χ4n) is 4.76. The van der Waals surface area contributed by atoms with Gasteiger partial charge in [-0.05, 0) is 72.7 Å². The van der Waals surface area contributed by atoms with Crippen molar-refractivity contribution >= 4 is 40.2 Å². The minimum absolute atomic E-state index is 0.0862. The van der Waals surface area contributed by atoms with Gasteiger partial charge >= 0.3 is 5.97 Å². The second-order valence-corrected chi connectivity index (χ2v) is 9.37. The molecule has 5 rings (SSSR count). The number of hydrogen-bond acceptors (Lipinski definition) is 5. The van der Waals surface area contributed by atoms with E-state index in [-0.39, 0.29) is 24.2 Å². The molecule has 2 N–H and O–H groups in total. The molecule has 1 amide bonds. The Morgan fingerprint density at radius 3 is 2.75 bits per heavy atom. The Morgan fingerprint density at radius 2 is 1.94 bits per heavy atom. The molecular weight excluding hydrogens is 452 g/mol. The van der Waals surface area contributed by atoms with E-state index in [1.54, 1.807) is 0 Å². The Labute approximate surface area is 210 Å². The number of rotatable bonds is 6. The summed E-state index contributed by atoms with van der Waals surface area (Å²) in [6.45, 7) is 2.57. The molecule has 1 atom stereocenters. The molecule has 3 aromatic carbocycles. The number of cyclic esters (lactones) is 1. The third kappa shape index (κ3) is 5.25. The normalized spacial score (nSPS) is 15.8. The number of amides is 1. The maximum absolute atomic E-state index is 12.7. The molecule has 2 heterocycles. The SMILES string of the molecule is Cc1ccccc1N(C)c1nc2ccc(CC(=O)Nc3ccc(C4CCCOC(=O)C4)cc3)cc2[nH]1. The summed E-state index contributed by atoms with van der Waals surface area (Å²) in [6.07, 6.45) is 2.47. The first-order valence-electron chi connectivity index (χ1n) is 12.3. The summed E-state index contributed by atoms with van der Waals surface area (Å²) in [5.74, 6) is 0.693. The molecular formula is C29H30N4O3. The quantitative estimate of drug-likeness (QED) is 0.348. The van der Waals surface area contributed by atoms with Crippen molar-refractivity contribution < 1.29 is 14.3 Å². The molecule has 0 saturated carbocycles. The third-order valence-electron chi connectivity index (χ3n) is 6.73. The molecule has 0 radical (unpaired) electrons. The smallest absolute Gasteiger partial charge is 0.306 e. The number of hydrogen-bond donors (Lipinski definition) is 2. The van der Waals surface area contributed by atoms with E-state index in [9.17, 15) is 9.59 Å². The van der Waals surface area contributed by atoms with Gasteiger partial charge in [0, 0.05) is 18.4 Å². The number of carbonyl (C=O) groups excluding carboxylic acids is 2. The van der Waals surface area contributed by atoms with E-state index in [0.717, 1.165) is 52.3 Å². The van der Waals surface area contributed by atoms with E-state index in [0.29, 0.717) is 13.0 Å². The number of aromatic amines is 1. The number of aromatic nitrogens is 2. The highest BCUT2D eigenvalue weighted by Gasteiger charge is 2.20. The number of H-pyrrole nitrogens is 1. The Bertz CT molecular complexity index is 1390. The van der Waals surface area contributed by atoms with Crippen LogP contribution in [0.3, 0.4) is 0 Å². The summed E-state index contributed by atoms with van der Waals surface area (Å²) in [5.41, 5.74) is 6.74. The van der Waals surface area contributed by atoms with E-state index >= 15 is 0 Å². The molecule has 1 fully saturated rings. The highest BCUT2D eigenvalue weighted by molar-refractivity contribution is 5.93. The zero-order chi connectivity index (χ0) is 25.1. The molecule has 1 aliphatic rings. The first-order valence-corrected chi connectivity index (χ1v) is 12.3. The number of esters is 1. The van der Waals surface area contributed by atoms with Crippen LogP contribution in [0, 0.1) is 6.92 Å². The van der Waals surface area contributed by atoms with Gasteiger partial charge in [0.1, 0.15) is 0 Å². The summed E-state index contributed by atoms with van der Waals surface area (Å²) in [4.78, 5) is 34.6. The minimum Gasteiger partial charge on any atom is -0.466 e. The van der Waals surface area contributed by atoms with Gasteiger partial charge in [0.25, 0.3) is 0 Å². The van der Waals surface area contributed by atoms with Crippen LogP contribution in [-0.4, -0.2) is 35.5 Å². The van der Waals surface area contributed by atoms with Crippen molar-refractivity contribution in [3.05, 3.63) is 83.4 Å². The summed E-state index contributed by atoms with van der Waals surface area (Å²) in [7, 11) is 1.99. The Balaban J connectivity index is 1.24. The lowest BCUT2D eigenvalue weighted by molar-refractivity contribution is -0.142. The van der Waals surface area contributed by atoms with Crippen molar-refractivity contribution in [2.45, 2.75) is 38.5 Å². The minimum atomic E-state index is -0.141. The maximum Gasteiger partial charge on any atom is 0.306 e. The maximum atomic E-state index is 12.7. The van der Waals surface area contributed by atoms with Gasteiger partial charge in [0.15, 0.2) is 0 Å². The average molecular weight is 483 g/mol. The fourth-order valence-corrected chi connectivity index (χ4v) is 4.76. The number of anilines is 3. The molecule has 1 unspecified atom stereocenters. The summed E-state index contributed by atoms with van der Waals surface area (Å²) in [5, 5.41) is 2.98. The molecule has 4 aromatic rings. The van der Waals surface area contributed by atoms with Gasteiger partial charge in [-0.2, -0.15) is 0 Å². The Hall–Kier alpha value is -4.13. The van der Waals surface area contributed by atoms with Crippen molar-refractivity contribution in [2.24, 2.45) is 0 Å². The highest BCUT2D eigenvalue weighted by atomic mass is 16.5. The number of carbonyl (C=O) groups is 2. The van der Waals surface area contributed by atoms with Gasteiger partial charge in [0.2, 0.25) is 11.9 Å².